The van der Waals surface area contributed by atoms with Gasteiger partial charge in [0.05, 0.1) is 23.3 Å². The molecule has 0 fully saturated rings. The van der Waals surface area contributed by atoms with E-state index in [0.717, 1.165) is 33.2 Å². The number of carbonyl (C=O) groups excluding carboxylic acids is 1. The molecular weight excluding hydrogens is 364 g/mol. The summed E-state index contributed by atoms with van der Waals surface area (Å²) in [6.07, 6.45) is 2.84. The fourth-order valence-corrected chi connectivity index (χ4v) is 3.00. The first-order chi connectivity index (χ1) is 13.7. The van der Waals surface area contributed by atoms with E-state index < -0.39 is 11.7 Å². The highest BCUT2D eigenvalue weighted by atomic mass is 16.6. The summed E-state index contributed by atoms with van der Waals surface area (Å²) >= 11 is 0. The van der Waals surface area contributed by atoms with Crippen LogP contribution in [-0.4, -0.2) is 21.7 Å². The number of hydrogen-bond acceptors (Lipinski definition) is 5. The maximum atomic E-state index is 11.8. The number of nitrogens with one attached hydrogen (secondary N) is 1. The summed E-state index contributed by atoms with van der Waals surface area (Å²) in [4.78, 5) is 20.7. The highest BCUT2D eigenvalue weighted by Crippen LogP contribution is 2.32. The Balaban J connectivity index is 1.90. The Bertz CT molecular complexity index is 1110. The summed E-state index contributed by atoms with van der Waals surface area (Å²) in [7, 11) is 0. The molecule has 0 aliphatic heterocycles. The second-order valence-corrected chi connectivity index (χ2v) is 8.01. The minimum Gasteiger partial charge on any atom is -0.444 e. The Morgan fingerprint density at radius 3 is 2.48 bits per heavy atom. The second-order valence-electron chi connectivity index (χ2n) is 8.01. The molecule has 1 N–H and O–H groups in total. The molecule has 29 heavy (non-hydrogen) atoms. The van der Waals surface area contributed by atoms with E-state index >= 15 is 0 Å². The number of carbonyl (C=O) groups is 1. The third kappa shape index (κ3) is 4.69. The fourth-order valence-electron chi connectivity index (χ4n) is 3.00. The van der Waals surface area contributed by atoms with Gasteiger partial charge in [-0.25, -0.2) is 4.79 Å². The number of nitriles is 1. The van der Waals surface area contributed by atoms with Crippen molar-refractivity contribution in [1.29, 1.82) is 5.26 Å². The van der Waals surface area contributed by atoms with Crippen LogP contribution in [0.2, 0.25) is 0 Å². The van der Waals surface area contributed by atoms with Crippen LogP contribution in [0, 0.1) is 25.2 Å². The first-order valence-corrected chi connectivity index (χ1v) is 9.40. The number of hydrogen-bond donors (Lipinski definition) is 1. The van der Waals surface area contributed by atoms with Crippen molar-refractivity contribution in [2.45, 2.75) is 46.8 Å². The molecule has 1 aromatic carbocycles. The van der Waals surface area contributed by atoms with E-state index in [4.69, 9.17) is 4.74 Å². The minimum absolute atomic E-state index is 0.260. The number of aromatic nitrogens is 2. The van der Waals surface area contributed by atoms with Crippen LogP contribution in [0.5, 0.6) is 0 Å². The van der Waals surface area contributed by atoms with Crippen molar-refractivity contribution >= 4 is 17.0 Å². The maximum absolute atomic E-state index is 11.8. The van der Waals surface area contributed by atoms with Crippen molar-refractivity contribution in [2.24, 2.45) is 0 Å². The summed E-state index contributed by atoms with van der Waals surface area (Å²) in [5.41, 5.74) is 5.44. The number of alkyl carbamates (subject to hydrolysis) is 1. The smallest absolute Gasteiger partial charge is 0.407 e. The molecule has 6 nitrogen and oxygen atoms in total. The highest BCUT2D eigenvalue weighted by Gasteiger charge is 2.16. The first kappa shape index (κ1) is 20.3. The van der Waals surface area contributed by atoms with Crippen LogP contribution in [0.1, 0.15) is 43.2 Å². The summed E-state index contributed by atoms with van der Waals surface area (Å²) in [6.45, 7) is 9.79. The van der Waals surface area contributed by atoms with Crippen LogP contribution in [0.25, 0.3) is 22.0 Å². The number of benzene rings is 1. The zero-order valence-electron chi connectivity index (χ0n) is 17.3. The van der Waals surface area contributed by atoms with E-state index in [2.05, 4.69) is 27.4 Å². The van der Waals surface area contributed by atoms with Crippen LogP contribution in [0.15, 0.2) is 36.7 Å². The summed E-state index contributed by atoms with van der Waals surface area (Å²) in [5.74, 6) is 0. The van der Waals surface area contributed by atoms with Gasteiger partial charge in [-0.2, -0.15) is 5.26 Å². The first-order valence-electron chi connectivity index (χ1n) is 9.40. The van der Waals surface area contributed by atoms with Gasteiger partial charge in [0.25, 0.3) is 0 Å². The molecule has 0 bridgehead atoms. The van der Waals surface area contributed by atoms with Crippen molar-refractivity contribution in [2.75, 3.05) is 0 Å². The van der Waals surface area contributed by atoms with Gasteiger partial charge in [-0.15, -0.1) is 0 Å². The molecule has 0 saturated heterocycles. The molecule has 3 aromatic rings. The van der Waals surface area contributed by atoms with Crippen LogP contribution >= 0.6 is 0 Å². The Kier molecular flexibility index (Phi) is 5.51. The van der Waals surface area contributed by atoms with E-state index in [0.29, 0.717) is 11.3 Å². The molecular formula is C23H24N4O2. The van der Waals surface area contributed by atoms with Crippen LogP contribution in [0.4, 0.5) is 4.79 Å². The molecule has 2 heterocycles. The minimum atomic E-state index is -0.548. The van der Waals surface area contributed by atoms with Crippen molar-refractivity contribution in [1.82, 2.24) is 15.3 Å². The van der Waals surface area contributed by atoms with Crippen molar-refractivity contribution in [3.05, 3.63) is 59.0 Å². The number of aryl methyl sites for hydroxylation is 2. The normalized spacial score (nSPS) is 11.2. The number of nitrogens with zero attached hydrogens (tertiary/aromatic N) is 3. The predicted molar refractivity (Wildman–Crippen MR) is 112 cm³/mol. The lowest BCUT2D eigenvalue weighted by Gasteiger charge is -2.19. The molecule has 148 valence electrons. The fraction of sp³-hybridized carbons (Fsp3) is 0.304. The topological polar surface area (TPSA) is 87.9 Å². The van der Waals surface area contributed by atoms with Gasteiger partial charge in [-0.3, -0.25) is 9.97 Å². The van der Waals surface area contributed by atoms with E-state index in [1.54, 1.807) is 12.4 Å². The van der Waals surface area contributed by atoms with Crippen molar-refractivity contribution < 1.29 is 9.53 Å². The third-order valence-corrected chi connectivity index (χ3v) is 4.53. The van der Waals surface area contributed by atoms with E-state index in [1.165, 1.54) is 0 Å². The lowest BCUT2D eigenvalue weighted by atomic mass is 9.95. The number of pyridine rings is 2. The highest BCUT2D eigenvalue weighted by molar-refractivity contribution is 5.97. The Morgan fingerprint density at radius 2 is 1.86 bits per heavy atom. The van der Waals surface area contributed by atoms with Crippen LogP contribution in [-0.2, 0) is 11.3 Å². The molecule has 0 unspecified atom stereocenters. The van der Waals surface area contributed by atoms with Gasteiger partial charge in [0.15, 0.2) is 0 Å². The molecule has 6 heteroatoms. The second kappa shape index (κ2) is 7.88. The standard InChI is InChI=1S/C23H24N4O2/c1-14-8-19-20(9-15(14)2)26-12-17(10-24)21(19)16-6-7-18(25-11-16)13-27-22(28)29-23(3,4)5/h6-9,11-12H,13H2,1-5H3,(H,27,28). The quantitative estimate of drug-likeness (QED) is 0.695. The van der Waals surface area contributed by atoms with Gasteiger partial charge in [0.2, 0.25) is 0 Å². The molecule has 0 atom stereocenters. The molecule has 3 rings (SSSR count). The number of amides is 1. The summed E-state index contributed by atoms with van der Waals surface area (Å²) < 4.78 is 5.23. The van der Waals surface area contributed by atoms with Gasteiger partial charge in [-0.05, 0) is 63.9 Å². The zero-order chi connectivity index (χ0) is 21.2. The average Bonchev–Trinajstić information content (AvgIpc) is 2.66. The Hall–Kier alpha value is -3.46. The lowest BCUT2D eigenvalue weighted by molar-refractivity contribution is 0.0523. The molecule has 0 spiro atoms. The van der Waals surface area contributed by atoms with Crippen molar-refractivity contribution in [3.8, 4) is 17.2 Å². The van der Waals surface area contributed by atoms with Crippen molar-refractivity contribution in [3.63, 3.8) is 0 Å². The maximum Gasteiger partial charge on any atom is 0.407 e. The van der Waals surface area contributed by atoms with Gasteiger partial charge >= 0.3 is 6.09 Å². The van der Waals surface area contributed by atoms with E-state index in [9.17, 15) is 10.1 Å². The number of fused-ring (bicyclic) bond motifs is 1. The Morgan fingerprint density at radius 1 is 1.14 bits per heavy atom. The van der Waals surface area contributed by atoms with Crippen LogP contribution in [0.3, 0.4) is 0 Å². The third-order valence-electron chi connectivity index (χ3n) is 4.53. The molecule has 0 aliphatic rings. The van der Waals surface area contributed by atoms with E-state index in [1.807, 2.05) is 52.8 Å². The largest absolute Gasteiger partial charge is 0.444 e. The molecule has 0 saturated carbocycles. The number of rotatable bonds is 3. The van der Waals surface area contributed by atoms with Gasteiger partial charge in [-0.1, -0.05) is 6.07 Å². The predicted octanol–water partition coefficient (Wildman–Crippen LogP) is 4.81. The van der Waals surface area contributed by atoms with E-state index in [-0.39, 0.29) is 6.54 Å². The SMILES string of the molecule is Cc1cc2ncc(C#N)c(-c3ccc(CNC(=O)OC(C)(C)C)nc3)c2cc1C. The lowest BCUT2D eigenvalue weighted by Crippen LogP contribution is -2.32. The van der Waals surface area contributed by atoms with Gasteiger partial charge < -0.3 is 10.1 Å². The average molecular weight is 388 g/mol. The summed E-state index contributed by atoms with van der Waals surface area (Å²) in [5, 5.41) is 13.2. The van der Waals surface area contributed by atoms with Crippen LogP contribution < -0.4 is 5.32 Å². The Labute approximate surface area is 170 Å². The molecule has 2 aromatic heterocycles. The summed E-state index contributed by atoms with van der Waals surface area (Å²) in [6, 6.07) is 10.1. The molecule has 1 amide bonds. The van der Waals surface area contributed by atoms with Gasteiger partial charge in [0.1, 0.15) is 11.7 Å². The molecule has 0 aliphatic carbocycles. The zero-order valence-corrected chi connectivity index (χ0v) is 17.3. The molecule has 0 radical (unpaired) electrons. The number of ether oxygens (including phenoxy) is 1. The van der Waals surface area contributed by atoms with Gasteiger partial charge in [0, 0.05) is 28.9 Å². The monoisotopic (exact) mass is 388 g/mol.